The number of fused-ring (bicyclic) bond motifs is 1. The molecule has 3 nitrogen and oxygen atoms in total. The van der Waals surface area contributed by atoms with Crippen molar-refractivity contribution < 1.29 is 0 Å². The van der Waals surface area contributed by atoms with Crippen LogP contribution < -0.4 is 5.32 Å². The van der Waals surface area contributed by atoms with Gasteiger partial charge in [-0.05, 0) is 36.5 Å². The summed E-state index contributed by atoms with van der Waals surface area (Å²) in [5.41, 5.74) is 2.85. The SMILES string of the molecule is CNc1ccnc(C2CCCc3ccccc32)n1. The maximum absolute atomic E-state index is 4.59. The molecule has 1 unspecified atom stereocenters. The van der Waals surface area contributed by atoms with Crippen LogP contribution in [0.4, 0.5) is 5.82 Å². The Balaban J connectivity index is 2.02. The molecule has 0 spiro atoms. The molecule has 3 rings (SSSR count). The topological polar surface area (TPSA) is 37.8 Å². The third-order valence-electron chi connectivity index (χ3n) is 3.61. The van der Waals surface area contributed by atoms with Crippen molar-refractivity contribution in [3.8, 4) is 0 Å². The highest BCUT2D eigenvalue weighted by Gasteiger charge is 2.23. The number of hydrogen-bond acceptors (Lipinski definition) is 3. The molecular weight excluding hydrogens is 222 g/mol. The maximum Gasteiger partial charge on any atom is 0.138 e. The Morgan fingerprint density at radius 1 is 1.22 bits per heavy atom. The Labute approximate surface area is 107 Å². The molecule has 2 aromatic rings. The van der Waals surface area contributed by atoms with Gasteiger partial charge in [0, 0.05) is 19.2 Å². The van der Waals surface area contributed by atoms with Crippen molar-refractivity contribution in [3.63, 3.8) is 0 Å². The summed E-state index contributed by atoms with van der Waals surface area (Å²) in [6, 6.07) is 10.6. The van der Waals surface area contributed by atoms with Crippen LogP contribution in [0.25, 0.3) is 0 Å². The first-order chi connectivity index (χ1) is 8.88. The van der Waals surface area contributed by atoms with E-state index in [1.165, 1.54) is 24.0 Å². The summed E-state index contributed by atoms with van der Waals surface area (Å²) < 4.78 is 0. The molecule has 1 aliphatic carbocycles. The third-order valence-corrected chi connectivity index (χ3v) is 3.61. The fourth-order valence-electron chi connectivity index (χ4n) is 2.70. The van der Waals surface area contributed by atoms with Crippen LogP contribution in [0, 0.1) is 0 Å². The van der Waals surface area contributed by atoms with Crippen molar-refractivity contribution in [2.45, 2.75) is 25.2 Å². The lowest BCUT2D eigenvalue weighted by Crippen LogP contribution is -2.14. The number of rotatable bonds is 2. The second-order valence-corrected chi connectivity index (χ2v) is 4.69. The van der Waals surface area contributed by atoms with Crippen LogP contribution in [0.2, 0.25) is 0 Å². The van der Waals surface area contributed by atoms with E-state index in [0.29, 0.717) is 5.92 Å². The van der Waals surface area contributed by atoms with Gasteiger partial charge in [-0.3, -0.25) is 0 Å². The van der Waals surface area contributed by atoms with Crippen LogP contribution in [-0.4, -0.2) is 17.0 Å². The molecule has 1 N–H and O–H groups in total. The molecule has 0 saturated carbocycles. The van der Waals surface area contributed by atoms with Crippen molar-refractivity contribution in [2.75, 3.05) is 12.4 Å². The van der Waals surface area contributed by atoms with Crippen LogP contribution >= 0.6 is 0 Å². The number of aryl methyl sites for hydroxylation is 1. The average Bonchev–Trinajstić information content (AvgIpc) is 2.47. The summed E-state index contributed by atoms with van der Waals surface area (Å²) in [6.07, 6.45) is 5.38. The van der Waals surface area contributed by atoms with Gasteiger partial charge in [-0.15, -0.1) is 0 Å². The molecule has 1 heterocycles. The number of anilines is 1. The Morgan fingerprint density at radius 3 is 3.00 bits per heavy atom. The zero-order chi connectivity index (χ0) is 12.4. The Bertz CT molecular complexity index is 551. The van der Waals surface area contributed by atoms with E-state index in [1.54, 1.807) is 0 Å². The normalized spacial score (nSPS) is 18.2. The van der Waals surface area contributed by atoms with E-state index >= 15 is 0 Å². The van der Waals surface area contributed by atoms with Crippen molar-refractivity contribution in [2.24, 2.45) is 0 Å². The molecule has 1 atom stereocenters. The van der Waals surface area contributed by atoms with Gasteiger partial charge in [0.15, 0.2) is 0 Å². The zero-order valence-corrected chi connectivity index (χ0v) is 10.6. The molecular formula is C15H17N3. The molecule has 0 fully saturated rings. The van der Waals surface area contributed by atoms with Crippen LogP contribution in [0.5, 0.6) is 0 Å². The van der Waals surface area contributed by atoms with E-state index in [2.05, 4.69) is 39.6 Å². The van der Waals surface area contributed by atoms with Crippen molar-refractivity contribution in [1.29, 1.82) is 0 Å². The Kier molecular flexibility index (Phi) is 2.97. The van der Waals surface area contributed by atoms with Gasteiger partial charge in [-0.1, -0.05) is 24.3 Å². The summed E-state index contributed by atoms with van der Waals surface area (Å²) in [6.45, 7) is 0. The van der Waals surface area contributed by atoms with Gasteiger partial charge in [0.05, 0.1) is 0 Å². The average molecular weight is 239 g/mol. The lowest BCUT2D eigenvalue weighted by atomic mass is 9.82. The number of nitrogens with one attached hydrogen (secondary N) is 1. The summed E-state index contributed by atoms with van der Waals surface area (Å²) in [7, 11) is 1.89. The minimum atomic E-state index is 0.350. The number of nitrogens with zero attached hydrogens (tertiary/aromatic N) is 2. The van der Waals surface area contributed by atoms with Gasteiger partial charge < -0.3 is 5.32 Å². The molecule has 18 heavy (non-hydrogen) atoms. The fraction of sp³-hybridized carbons (Fsp3) is 0.333. The minimum Gasteiger partial charge on any atom is -0.373 e. The van der Waals surface area contributed by atoms with Crippen molar-refractivity contribution in [3.05, 3.63) is 53.5 Å². The van der Waals surface area contributed by atoms with E-state index < -0.39 is 0 Å². The van der Waals surface area contributed by atoms with Gasteiger partial charge in [0.25, 0.3) is 0 Å². The standard InChI is InChI=1S/C15H17N3/c1-16-14-9-10-17-15(18-14)13-8-4-6-11-5-2-3-7-12(11)13/h2-3,5,7,9-10,13H,4,6,8H2,1H3,(H,16,17,18). The largest absolute Gasteiger partial charge is 0.373 e. The van der Waals surface area contributed by atoms with Crippen molar-refractivity contribution in [1.82, 2.24) is 9.97 Å². The molecule has 0 amide bonds. The first-order valence-corrected chi connectivity index (χ1v) is 6.47. The summed E-state index contributed by atoms with van der Waals surface area (Å²) in [5.74, 6) is 2.18. The monoisotopic (exact) mass is 239 g/mol. The quantitative estimate of drug-likeness (QED) is 0.875. The molecule has 1 aliphatic rings. The molecule has 0 bridgehead atoms. The van der Waals surface area contributed by atoms with E-state index in [0.717, 1.165) is 18.1 Å². The molecule has 0 aliphatic heterocycles. The number of aromatic nitrogens is 2. The molecule has 92 valence electrons. The lowest BCUT2D eigenvalue weighted by molar-refractivity contribution is 0.591. The third kappa shape index (κ3) is 1.96. The van der Waals surface area contributed by atoms with E-state index in [4.69, 9.17) is 0 Å². The van der Waals surface area contributed by atoms with E-state index in [1.807, 2.05) is 19.3 Å². The Morgan fingerprint density at radius 2 is 2.11 bits per heavy atom. The predicted octanol–water partition coefficient (Wildman–Crippen LogP) is 2.99. The smallest absolute Gasteiger partial charge is 0.138 e. The number of hydrogen-bond donors (Lipinski definition) is 1. The van der Waals surface area contributed by atoms with Gasteiger partial charge in [0.1, 0.15) is 11.6 Å². The minimum absolute atomic E-state index is 0.350. The van der Waals surface area contributed by atoms with E-state index in [9.17, 15) is 0 Å². The highest BCUT2D eigenvalue weighted by Crippen LogP contribution is 2.34. The lowest BCUT2D eigenvalue weighted by Gasteiger charge is -2.24. The zero-order valence-electron chi connectivity index (χ0n) is 10.6. The van der Waals surface area contributed by atoms with Crippen molar-refractivity contribution >= 4 is 5.82 Å². The van der Waals surface area contributed by atoms with Crippen LogP contribution in [-0.2, 0) is 6.42 Å². The van der Waals surface area contributed by atoms with Crippen LogP contribution in [0.15, 0.2) is 36.5 Å². The summed E-state index contributed by atoms with van der Waals surface area (Å²) in [4.78, 5) is 9.05. The first-order valence-electron chi connectivity index (χ1n) is 6.47. The first kappa shape index (κ1) is 11.2. The highest BCUT2D eigenvalue weighted by molar-refractivity contribution is 5.39. The summed E-state index contributed by atoms with van der Waals surface area (Å²) in [5, 5.41) is 3.08. The summed E-state index contributed by atoms with van der Waals surface area (Å²) >= 11 is 0. The van der Waals surface area contributed by atoms with Gasteiger partial charge >= 0.3 is 0 Å². The van der Waals surface area contributed by atoms with Crippen LogP contribution in [0.3, 0.4) is 0 Å². The highest BCUT2D eigenvalue weighted by atomic mass is 15.0. The Hall–Kier alpha value is -1.90. The molecule has 1 aromatic carbocycles. The second-order valence-electron chi connectivity index (χ2n) is 4.69. The van der Waals surface area contributed by atoms with E-state index in [-0.39, 0.29) is 0 Å². The second kappa shape index (κ2) is 4.77. The molecule has 3 heteroatoms. The van der Waals surface area contributed by atoms with Gasteiger partial charge in [0.2, 0.25) is 0 Å². The van der Waals surface area contributed by atoms with Gasteiger partial charge in [-0.25, -0.2) is 9.97 Å². The maximum atomic E-state index is 4.59. The molecule has 0 radical (unpaired) electrons. The fourth-order valence-corrected chi connectivity index (χ4v) is 2.70. The molecule has 0 saturated heterocycles. The van der Waals surface area contributed by atoms with Crippen LogP contribution in [0.1, 0.15) is 35.7 Å². The van der Waals surface area contributed by atoms with Gasteiger partial charge in [-0.2, -0.15) is 0 Å². The molecule has 1 aromatic heterocycles. The predicted molar refractivity (Wildman–Crippen MR) is 72.8 cm³/mol. The number of benzene rings is 1.